The minimum atomic E-state index is -0.0432. The average molecular weight is 300 g/mol. The molecule has 2 atom stereocenters. The van der Waals surface area contributed by atoms with E-state index in [4.69, 9.17) is 0 Å². The number of carbonyl (C=O) groups is 1. The molecule has 0 rings (SSSR count). The molecule has 21 heavy (non-hydrogen) atoms. The molecule has 0 heterocycles. The summed E-state index contributed by atoms with van der Waals surface area (Å²) in [5.41, 5.74) is 0. The largest absolute Gasteiger partial charge is 0.355 e. The molecule has 5 nitrogen and oxygen atoms in total. The van der Waals surface area contributed by atoms with Gasteiger partial charge < -0.3 is 21.3 Å². The molecular weight excluding hydrogens is 264 g/mol. The number of unbranched alkanes of at least 4 members (excludes halogenated alkanes) is 1. The molecule has 0 aliphatic carbocycles. The van der Waals surface area contributed by atoms with Crippen LogP contribution in [0.15, 0.2) is 0 Å². The molecule has 0 aromatic heterocycles. The molecular formula is C16H36N4O. The summed E-state index contributed by atoms with van der Waals surface area (Å²) >= 11 is 0. The zero-order valence-corrected chi connectivity index (χ0v) is 14.4. The highest BCUT2D eigenvalue weighted by molar-refractivity contribution is 5.81. The number of rotatable bonds is 14. The Bertz CT molecular complexity index is 248. The Morgan fingerprint density at radius 3 is 2.38 bits per heavy atom. The smallest absolute Gasteiger partial charge is 0.237 e. The fourth-order valence-corrected chi connectivity index (χ4v) is 2.23. The zero-order valence-electron chi connectivity index (χ0n) is 14.4. The SMILES string of the molecule is CCNCCCCC(NCC)C(=O)NCCCC(C)NC. The van der Waals surface area contributed by atoms with Crippen molar-refractivity contribution in [3.05, 3.63) is 0 Å². The van der Waals surface area contributed by atoms with Crippen molar-refractivity contribution >= 4 is 5.91 Å². The summed E-state index contributed by atoms with van der Waals surface area (Å²) in [4.78, 5) is 12.2. The van der Waals surface area contributed by atoms with E-state index in [9.17, 15) is 4.79 Å². The van der Waals surface area contributed by atoms with Crippen LogP contribution in [-0.4, -0.2) is 51.2 Å². The van der Waals surface area contributed by atoms with E-state index in [1.807, 2.05) is 14.0 Å². The summed E-state index contributed by atoms with van der Waals surface area (Å²) in [6.07, 6.45) is 5.23. The fraction of sp³-hybridized carbons (Fsp3) is 0.938. The lowest BCUT2D eigenvalue weighted by Crippen LogP contribution is -2.44. The third-order valence-corrected chi connectivity index (χ3v) is 3.72. The second-order valence-corrected chi connectivity index (χ2v) is 5.58. The first-order chi connectivity index (χ1) is 10.2. The van der Waals surface area contributed by atoms with E-state index in [0.717, 1.165) is 58.3 Å². The molecule has 4 N–H and O–H groups in total. The maximum absolute atomic E-state index is 12.2. The van der Waals surface area contributed by atoms with Crippen LogP contribution in [0.2, 0.25) is 0 Å². The van der Waals surface area contributed by atoms with Gasteiger partial charge in [0.05, 0.1) is 6.04 Å². The van der Waals surface area contributed by atoms with E-state index in [1.54, 1.807) is 0 Å². The third kappa shape index (κ3) is 11.7. The maximum Gasteiger partial charge on any atom is 0.237 e. The van der Waals surface area contributed by atoms with Gasteiger partial charge in [0.2, 0.25) is 5.91 Å². The Hall–Kier alpha value is -0.650. The molecule has 0 saturated carbocycles. The van der Waals surface area contributed by atoms with E-state index in [0.29, 0.717) is 6.04 Å². The molecule has 0 aliphatic heterocycles. The highest BCUT2D eigenvalue weighted by atomic mass is 16.2. The lowest BCUT2D eigenvalue weighted by atomic mass is 10.1. The monoisotopic (exact) mass is 300 g/mol. The Balaban J connectivity index is 3.83. The van der Waals surface area contributed by atoms with Crippen LogP contribution in [0.1, 0.15) is 52.9 Å². The van der Waals surface area contributed by atoms with Crippen molar-refractivity contribution in [2.45, 2.75) is 65.0 Å². The molecule has 0 spiro atoms. The number of hydrogen-bond acceptors (Lipinski definition) is 4. The van der Waals surface area contributed by atoms with E-state index in [-0.39, 0.29) is 11.9 Å². The molecule has 2 unspecified atom stereocenters. The van der Waals surface area contributed by atoms with E-state index in [1.165, 1.54) is 0 Å². The molecule has 0 aromatic carbocycles. The van der Waals surface area contributed by atoms with Crippen molar-refractivity contribution in [1.29, 1.82) is 0 Å². The van der Waals surface area contributed by atoms with Gasteiger partial charge in [-0.3, -0.25) is 4.79 Å². The van der Waals surface area contributed by atoms with Crippen molar-refractivity contribution in [3.8, 4) is 0 Å². The molecule has 5 heteroatoms. The third-order valence-electron chi connectivity index (χ3n) is 3.72. The van der Waals surface area contributed by atoms with Gasteiger partial charge in [0.1, 0.15) is 0 Å². The zero-order chi connectivity index (χ0) is 15.9. The van der Waals surface area contributed by atoms with E-state index < -0.39 is 0 Å². The van der Waals surface area contributed by atoms with Crippen LogP contribution < -0.4 is 21.3 Å². The van der Waals surface area contributed by atoms with Crippen LogP contribution in [0, 0.1) is 0 Å². The summed E-state index contributed by atoms with van der Waals surface area (Å²) in [7, 11) is 1.97. The molecule has 0 aliphatic rings. The van der Waals surface area contributed by atoms with Gasteiger partial charge in [0.15, 0.2) is 0 Å². The Morgan fingerprint density at radius 2 is 1.76 bits per heavy atom. The van der Waals surface area contributed by atoms with Crippen LogP contribution in [-0.2, 0) is 4.79 Å². The van der Waals surface area contributed by atoms with E-state index in [2.05, 4.69) is 35.1 Å². The number of amides is 1. The maximum atomic E-state index is 12.2. The Kier molecular flexibility index (Phi) is 13.9. The normalized spacial score (nSPS) is 13.9. The summed E-state index contributed by atoms with van der Waals surface area (Å²) < 4.78 is 0. The molecule has 0 radical (unpaired) electrons. The van der Waals surface area contributed by atoms with Crippen LogP contribution in [0.3, 0.4) is 0 Å². The molecule has 0 fully saturated rings. The Labute approximate surface area is 131 Å². The number of nitrogens with one attached hydrogen (secondary N) is 4. The van der Waals surface area contributed by atoms with Gasteiger partial charge in [-0.15, -0.1) is 0 Å². The van der Waals surface area contributed by atoms with E-state index >= 15 is 0 Å². The minimum absolute atomic E-state index is 0.0432. The molecule has 0 aromatic rings. The quantitative estimate of drug-likeness (QED) is 0.365. The molecule has 0 saturated heterocycles. The molecule has 126 valence electrons. The summed E-state index contributed by atoms with van der Waals surface area (Å²) in [6, 6.07) is 0.468. The van der Waals surface area contributed by atoms with Gasteiger partial charge in [-0.25, -0.2) is 0 Å². The Morgan fingerprint density at radius 1 is 1.00 bits per heavy atom. The predicted molar refractivity (Wildman–Crippen MR) is 90.6 cm³/mol. The van der Waals surface area contributed by atoms with Gasteiger partial charge in [0, 0.05) is 12.6 Å². The fourth-order valence-electron chi connectivity index (χ4n) is 2.23. The van der Waals surface area contributed by atoms with Crippen LogP contribution >= 0.6 is 0 Å². The van der Waals surface area contributed by atoms with Gasteiger partial charge in [0.25, 0.3) is 0 Å². The van der Waals surface area contributed by atoms with Gasteiger partial charge in [-0.1, -0.05) is 20.3 Å². The second kappa shape index (κ2) is 14.3. The van der Waals surface area contributed by atoms with Crippen molar-refractivity contribution in [2.75, 3.05) is 33.2 Å². The first-order valence-electron chi connectivity index (χ1n) is 8.54. The average Bonchev–Trinajstić information content (AvgIpc) is 2.49. The number of likely N-dealkylation sites (N-methyl/N-ethyl adjacent to an activating group) is 1. The second-order valence-electron chi connectivity index (χ2n) is 5.58. The van der Waals surface area contributed by atoms with Crippen LogP contribution in [0.4, 0.5) is 0 Å². The first kappa shape index (κ1) is 20.3. The standard InChI is InChI=1S/C16H36N4O/c1-5-18-12-8-7-11-15(19-6-2)16(21)20-13-9-10-14(3)17-4/h14-15,17-19H,5-13H2,1-4H3,(H,20,21). The number of hydrogen-bond donors (Lipinski definition) is 4. The number of carbonyl (C=O) groups excluding carboxylic acids is 1. The molecule has 0 bridgehead atoms. The van der Waals surface area contributed by atoms with Crippen LogP contribution in [0.25, 0.3) is 0 Å². The topological polar surface area (TPSA) is 65.2 Å². The van der Waals surface area contributed by atoms with Gasteiger partial charge >= 0.3 is 0 Å². The van der Waals surface area contributed by atoms with Gasteiger partial charge in [-0.05, 0) is 59.3 Å². The lowest BCUT2D eigenvalue weighted by Gasteiger charge is -2.18. The predicted octanol–water partition coefficient (Wildman–Crippen LogP) is 1.25. The highest BCUT2D eigenvalue weighted by Gasteiger charge is 2.16. The lowest BCUT2D eigenvalue weighted by molar-refractivity contribution is -0.123. The highest BCUT2D eigenvalue weighted by Crippen LogP contribution is 2.02. The summed E-state index contributed by atoms with van der Waals surface area (Å²) in [5, 5.41) is 12.9. The molecule has 1 amide bonds. The van der Waals surface area contributed by atoms with Crippen LogP contribution in [0.5, 0.6) is 0 Å². The summed E-state index contributed by atoms with van der Waals surface area (Å²) in [5.74, 6) is 0.150. The van der Waals surface area contributed by atoms with Gasteiger partial charge in [-0.2, -0.15) is 0 Å². The van der Waals surface area contributed by atoms with Crippen molar-refractivity contribution < 1.29 is 4.79 Å². The minimum Gasteiger partial charge on any atom is -0.355 e. The van der Waals surface area contributed by atoms with Crippen molar-refractivity contribution in [3.63, 3.8) is 0 Å². The first-order valence-corrected chi connectivity index (χ1v) is 8.54. The van der Waals surface area contributed by atoms with Crippen molar-refractivity contribution in [2.24, 2.45) is 0 Å². The summed E-state index contributed by atoms with van der Waals surface area (Å²) in [6.45, 7) is 9.98. The van der Waals surface area contributed by atoms with Crippen molar-refractivity contribution in [1.82, 2.24) is 21.3 Å².